The van der Waals surface area contributed by atoms with Crippen LogP contribution in [0, 0.1) is 23.3 Å². The smallest absolute Gasteiger partial charge is 0.350 e. The molecule has 0 aliphatic rings. The molecule has 4 aromatic carbocycles. The SMILES string of the molecule is O=C(Oc1ccc([S+](c2ccccc2)c2ccccc2)cc1)c1c(O)c(F)c(F)c(F)c1F. The van der Waals surface area contributed by atoms with Gasteiger partial charge in [-0.05, 0) is 48.5 Å². The quantitative estimate of drug-likeness (QED) is 0.0933. The summed E-state index contributed by atoms with van der Waals surface area (Å²) in [7, 11) is -0.469. The van der Waals surface area contributed by atoms with E-state index in [-0.39, 0.29) is 5.75 Å². The second kappa shape index (κ2) is 9.38. The van der Waals surface area contributed by atoms with Crippen molar-refractivity contribution in [1.29, 1.82) is 0 Å². The normalized spacial score (nSPS) is 10.9. The molecule has 4 rings (SSSR count). The van der Waals surface area contributed by atoms with Gasteiger partial charge < -0.3 is 9.84 Å². The average Bonchev–Trinajstić information content (AvgIpc) is 2.84. The van der Waals surface area contributed by atoms with E-state index in [4.69, 9.17) is 4.74 Å². The van der Waals surface area contributed by atoms with Crippen LogP contribution in [0.25, 0.3) is 0 Å². The standard InChI is InChI=1S/C25H14F4O3S/c26-20-19(24(30)23(29)22(28)21(20)27)25(31)32-15-11-13-18(14-12-15)33(16-7-3-1-4-8-16)17-9-5-2-6-10-17/h1-14H/p+1. The third-order valence-electron chi connectivity index (χ3n) is 4.67. The topological polar surface area (TPSA) is 46.5 Å². The summed E-state index contributed by atoms with van der Waals surface area (Å²) in [5.74, 6) is -11.9. The lowest BCUT2D eigenvalue weighted by Crippen LogP contribution is -2.14. The minimum absolute atomic E-state index is 0.0580. The molecule has 0 aromatic heterocycles. The van der Waals surface area contributed by atoms with E-state index in [9.17, 15) is 27.5 Å². The molecule has 0 bridgehead atoms. The number of ether oxygens (including phenoxy) is 1. The predicted octanol–water partition coefficient (Wildman–Crippen LogP) is 6.26. The fraction of sp³-hybridized carbons (Fsp3) is 0. The molecule has 1 N–H and O–H groups in total. The maximum absolute atomic E-state index is 14.0. The number of phenolic OH excluding ortho intramolecular Hbond substituents is 1. The van der Waals surface area contributed by atoms with Crippen LogP contribution in [0.15, 0.2) is 99.6 Å². The van der Waals surface area contributed by atoms with Crippen LogP contribution in [-0.2, 0) is 10.9 Å². The Hall–Kier alpha value is -3.78. The molecule has 0 saturated heterocycles. The van der Waals surface area contributed by atoms with Gasteiger partial charge in [-0.25, -0.2) is 18.0 Å². The minimum atomic E-state index is -2.22. The minimum Gasteiger partial charge on any atom is -0.504 e. The van der Waals surface area contributed by atoms with E-state index in [1.165, 1.54) is 12.1 Å². The van der Waals surface area contributed by atoms with E-state index in [2.05, 4.69) is 0 Å². The van der Waals surface area contributed by atoms with Crippen molar-refractivity contribution in [2.45, 2.75) is 14.7 Å². The zero-order valence-electron chi connectivity index (χ0n) is 16.8. The fourth-order valence-electron chi connectivity index (χ4n) is 3.13. The Balaban J connectivity index is 1.64. The van der Waals surface area contributed by atoms with Gasteiger partial charge in [-0.15, -0.1) is 0 Å². The van der Waals surface area contributed by atoms with Crippen molar-refractivity contribution < 1.29 is 32.2 Å². The Bertz CT molecular complexity index is 1230. The van der Waals surface area contributed by atoms with Crippen LogP contribution in [-0.4, -0.2) is 11.1 Å². The van der Waals surface area contributed by atoms with Crippen molar-refractivity contribution in [2.75, 3.05) is 0 Å². The summed E-state index contributed by atoms with van der Waals surface area (Å²) in [6.07, 6.45) is 0. The lowest BCUT2D eigenvalue weighted by Gasteiger charge is -2.10. The first kappa shape index (κ1) is 22.4. The molecule has 0 aliphatic heterocycles. The molecule has 4 aromatic rings. The van der Waals surface area contributed by atoms with Crippen LogP contribution >= 0.6 is 0 Å². The van der Waals surface area contributed by atoms with Crippen molar-refractivity contribution in [3.8, 4) is 11.5 Å². The Morgan fingerprint density at radius 3 is 1.61 bits per heavy atom. The first-order chi connectivity index (χ1) is 15.9. The number of esters is 1. The van der Waals surface area contributed by atoms with Crippen LogP contribution in [0.2, 0.25) is 0 Å². The van der Waals surface area contributed by atoms with Gasteiger partial charge in [0.05, 0.1) is 10.9 Å². The summed E-state index contributed by atoms with van der Waals surface area (Å²) in [6.45, 7) is 0. The fourth-order valence-corrected chi connectivity index (χ4v) is 5.21. The van der Waals surface area contributed by atoms with E-state index in [1.807, 2.05) is 60.7 Å². The first-order valence-corrected chi connectivity index (χ1v) is 10.8. The Morgan fingerprint density at radius 1 is 0.636 bits per heavy atom. The lowest BCUT2D eigenvalue weighted by molar-refractivity contribution is 0.0723. The number of hydrogen-bond donors (Lipinski definition) is 1. The lowest BCUT2D eigenvalue weighted by atomic mass is 10.1. The van der Waals surface area contributed by atoms with Crippen molar-refractivity contribution in [3.63, 3.8) is 0 Å². The number of carbonyl (C=O) groups excluding carboxylic acids is 1. The molecule has 33 heavy (non-hydrogen) atoms. The van der Waals surface area contributed by atoms with Gasteiger partial charge in [-0.2, -0.15) is 4.39 Å². The zero-order chi connectivity index (χ0) is 23.5. The summed E-state index contributed by atoms with van der Waals surface area (Å²) in [5.41, 5.74) is -1.43. The molecular weight excluding hydrogens is 456 g/mol. The molecule has 0 heterocycles. The number of hydrogen-bond acceptors (Lipinski definition) is 3. The monoisotopic (exact) mass is 471 g/mol. The number of carbonyl (C=O) groups is 1. The van der Waals surface area contributed by atoms with Crippen LogP contribution in [0.4, 0.5) is 17.6 Å². The Morgan fingerprint density at radius 2 is 1.09 bits per heavy atom. The molecule has 0 spiro atoms. The van der Waals surface area contributed by atoms with Crippen molar-refractivity contribution in [2.24, 2.45) is 0 Å². The van der Waals surface area contributed by atoms with Crippen molar-refractivity contribution >= 4 is 16.9 Å². The molecular formula is C25H15F4O3S+. The molecule has 0 saturated carbocycles. The van der Waals surface area contributed by atoms with Gasteiger partial charge in [0.25, 0.3) is 0 Å². The summed E-state index contributed by atoms with van der Waals surface area (Å²) in [5, 5.41) is 9.58. The highest BCUT2D eigenvalue weighted by atomic mass is 32.2. The number of phenols is 1. The molecule has 8 heteroatoms. The highest BCUT2D eigenvalue weighted by Crippen LogP contribution is 2.33. The van der Waals surface area contributed by atoms with E-state index in [0.29, 0.717) is 0 Å². The molecule has 0 unspecified atom stereocenters. The van der Waals surface area contributed by atoms with Crippen LogP contribution in [0.5, 0.6) is 11.5 Å². The Labute approximate surface area is 189 Å². The maximum atomic E-state index is 14.0. The number of halogens is 4. The number of aromatic hydroxyl groups is 1. The van der Waals surface area contributed by atoms with Gasteiger partial charge >= 0.3 is 5.97 Å². The second-order valence-electron chi connectivity index (χ2n) is 6.77. The van der Waals surface area contributed by atoms with Gasteiger partial charge in [-0.1, -0.05) is 36.4 Å². The highest BCUT2D eigenvalue weighted by Gasteiger charge is 2.31. The molecule has 0 aliphatic carbocycles. The van der Waals surface area contributed by atoms with Gasteiger partial charge in [-0.3, -0.25) is 0 Å². The number of benzene rings is 4. The van der Waals surface area contributed by atoms with E-state index in [1.54, 1.807) is 12.1 Å². The van der Waals surface area contributed by atoms with Crippen LogP contribution in [0.3, 0.4) is 0 Å². The van der Waals surface area contributed by atoms with Gasteiger partial charge in [0.1, 0.15) is 11.3 Å². The second-order valence-corrected chi connectivity index (χ2v) is 8.80. The molecule has 0 atom stereocenters. The molecule has 0 fully saturated rings. The van der Waals surface area contributed by atoms with Crippen molar-refractivity contribution in [1.82, 2.24) is 0 Å². The predicted molar refractivity (Wildman–Crippen MR) is 114 cm³/mol. The van der Waals surface area contributed by atoms with E-state index < -0.39 is 51.4 Å². The van der Waals surface area contributed by atoms with E-state index >= 15 is 0 Å². The summed E-state index contributed by atoms with van der Waals surface area (Å²) in [6, 6.07) is 25.8. The largest absolute Gasteiger partial charge is 0.504 e. The van der Waals surface area contributed by atoms with Gasteiger partial charge in [0, 0.05) is 0 Å². The first-order valence-electron chi connectivity index (χ1n) is 9.60. The maximum Gasteiger partial charge on any atom is 0.350 e. The highest BCUT2D eigenvalue weighted by molar-refractivity contribution is 7.97. The summed E-state index contributed by atoms with van der Waals surface area (Å²) >= 11 is 0. The zero-order valence-corrected chi connectivity index (χ0v) is 17.6. The van der Waals surface area contributed by atoms with Gasteiger partial charge in [0.2, 0.25) is 11.6 Å². The molecule has 166 valence electrons. The number of rotatable bonds is 5. The summed E-state index contributed by atoms with van der Waals surface area (Å²) in [4.78, 5) is 15.3. The van der Waals surface area contributed by atoms with Crippen molar-refractivity contribution in [3.05, 3.63) is 114 Å². The van der Waals surface area contributed by atoms with Crippen LogP contribution in [0.1, 0.15) is 10.4 Å². The average molecular weight is 471 g/mol. The third-order valence-corrected chi connectivity index (χ3v) is 6.90. The Kier molecular flexibility index (Phi) is 6.37. The van der Waals surface area contributed by atoms with E-state index in [0.717, 1.165) is 14.7 Å². The summed E-state index contributed by atoms with van der Waals surface area (Å²) < 4.78 is 59.2. The molecule has 0 amide bonds. The third kappa shape index (κ3) is 4.42. The van der Waals surface area contributed by atoms with Gasteiger partial charge in [0.15, 0.2) is 32.1 Å². The molecule has 0 radical (unpaired) electrons. The van der Waals surface area contributed by atoms with Crippen LogP contribution < -0.4 is 4.74 Å². The molecule has 3 nitrogen and oxygen atoms in total.